The smallest absolute Gasteiger partial charge is 0.416 e. The van der Waals surface area contributed by atoms with Gasteiger partial charge in [-0.1, -0.05) is 42.0 Å². The Morgan fingerprint density at radius 3 is 2.29 bits per heavy atom. The molecule has 8 heteroatoms. The van der Waals surface area contributed by atoms with E-state index < -0.39 is 23.6 Å². The number of carbonyl (C=O) groups is 2. The number of hydrogen-bond donors (Lipinski definition) is 1. The van der Waals surface area contributed by atoms with Crippen LogP contribution in [0.25, 0.3) is 5.57 Å². The summed E-state index contributed by atoms with van der Waals surface area (Å²) in [7, 11) is 1.43. The zero-order chi connectivity index (χ0) is 24.6. The summed E-state index contributed by atoms with van der Waals surface area (Å²) in [4.78, 5) is 28.2. The van der Waals surface area contributed by atoms with E-state index in [0.29, 0.717) is 22.6 Å². The SMILES string of the molecule is COc1ccccc1C1=C(Nc2cccc(C(F)(F)F)c2)C(=O)N(c2ccc(C)cc2C)C1=O. The molecular formula is C26H21F3N2O3. The minimum absolute atomic E-state index is 0.0137. The minimum atomic E-state index is -4.56. The Morgan fingerprint density at radius 1 is 0.882 bits per heavy atom. The first-order valence-corrected chi connectivity index (χ1v) is 10.4. The molecule has 1 aliphatic rings. The van der Waals surface area contributed by atoms with Crippen molar-refractivity contribution in [1.29, 1.82) is 0 Å². The Morgan fingerprint density at radius 2 is 1.62 bits per heavy atom. The molecule has 0 spiro atoms. The molecule has 3 aromatic rings. The number of ether oxygens (including phenoxy) is 1. The minimum Gasteiger partial charge on any atom is -0.496 e. The Labute approximate surface area is 194 Å². The fourth-order valence-electron chi connectivity index (χ4n) is 3.94. The number of alkyl halides is 3. The molecular weight excluding hydrogens is 445 g/mol. The normalized spacial score (nSPS) is 14.1. The summed E-state index contributed by atoms with van der Waals surface area (Å²) >= 11 is 0. The van der Waals surface area contributed by atoms with Crippen LogP contribution in [-0.2, 0) is 15.8 Å². The molecule has 0 fully saturated rings. The summed E-state index contributed by atoms with van der Waals surface area (Å²) in [6, 6.07) is 16.4. The number of nitrogens with zero attached hydrogens (tertiary/aromatic N) is 1. The van der Waals surface area contributed by atoms with Gasteiger partial charge in [0.2, 0.25) is 0 Å². The topological polar surface area (TPSA) is 58.6 Å². The van der Waals surface area contributed by atoms with Crippen LogP contribution in [0.4, 0.5) is 24.5 Å². The molecule has 0 bridgehead atoms. The van der Waals surface area contributed by atoms with Gasteiger partial charge in [0.25, 0.3) is 11.8 Å². The van der Waals surface area contributed by atoms with Crippen LogP contribution in [0.1, 0.15) is 22.3 Å². The third kappa shape index (κ3) is 4.14. The van der Waals surface area contributed by atoms with Gasteiger partial charge in [-0.3, -0.25) is 9.59 Å². The summed E-state index contributed by atoms with van der Waals surface area (Å²) in [6.07, 6.45) is -4.56. The van der Waals surface area contributed by atoms with Crippen molar-refractivity contribution < 1.29 is 27.5 Å². The monoisotopic (exact) mass is 466 g/mol. The van der Waals surface area contributed by atoms with Crippen molar-refractivity contribution in [3.05, 3.63) is 94.7 Å². The molecule has 0 atom stereocenters. The Hall–Kier alpha value is -4.07. The maximum Gasteiger partial charge on any atom is 0.416 e. The van der Waals surface area contributed by atoms with E-state index in [0.717, 1.165) is 22.6 Å². The van der Waals surface area contributed by atoms with E-state index in [1.54, 1.807) is 43.3 Å². The lowest BCUT2D eigenvalue weighted by atomic mass is 10.0. The number of benzene rings is 3. The predicted molar refractivity (Wildman–Crippen MR) is 123 cm³/mol. The van der Waals surface area contributed by atoms with E-state index in [4.69, 9.17) is 4.74 Å². The number of hydrogen-bond acceptors (Lipinski definition) is 4. The molecule has 0 saturated carbocycles. The van der Waals surface area contributed by atoms with Crippen LogP contribution in [0.15, 0.2) is 72.4 Å². The average Bonchev–Trinajstić information content (AvgIpc) is 3.03. The van der Waals surface area contributed by atoms with E-state index in [9.17, 15) is 22.8 Å². The molecule has 0 aliphatic carbocycles. The number of anilines is 2. The molecule has 1 aliphatic heterocycles. The van der Waals surface area contributed by atoms with E-state index in [1.165, 1.54) is 19.2 Å². The van der Waals surface area contributed by atoms with Crippen molar-refractivity contribution in [1.82, 2.24) is 0 Å². The van der Waals surface area contributed by atoms with Gasteiger partial charge in [0, 0.05) is 11.3 Å². The molecule has 4 rings (SSSR count). The molecule has 0 aromatic heterocycles. The van der Waals surface area contributed by atoms with E-state index in [1.807, 2.05) is 13.0 Å². The van der Waals surface area contributed by atoms with Crippen LogP contribution in [0.3, 0.4) is 0 Å². The van der Waals surface area contributed by atoms with Gasteiger partial charge in [-0.05, 0) is 49.7 Å². The first kappa shape index (κ1) is 23.1. The summed E-state index contributed by atoms with van der Waals surface area (Å²) in [5.41, 5.74) is 1.45. The van der Waals surface area contributed by atoms with Gasteiger partial charge < -0.3 is 10.1 Å². The number of para-hydroxylation sites is 1. The fraction of sp³-hybridized carbons (Fsp3) is 0.154. The highest BCUT2D eigenvalue weighted by molar-refractivity contribution is 6.46. The van der Waals surface area contributed by atoms with E-state index in [2.05, 4.69) is 5.32 Å². The average molecular weight is 466 g/mol. The highest BCUT2D eigenvalue weighted by Crippen LogP contribution is 2.39. The number of amides is 2. The van der Waals surface area contributed by atoms with Crippen LogP contribution < -0.4 is 15.0 Å². The van der Waals surface area contributed by atoms with Crippen LogP contribution >= 0.6 is 0 Å². The Bertz CT molecular complexity index is 1330. The molecule has 0 unspecified atom stereocenters. The second-order valence-electron chi connectivity index (χ2n) is 7.89. The van der Waals surface area contributed by atoms with Gasteiger partial charge in [-0.25, -0.2) is 4.90 Å². The molecule has 0 saturated heterocycles. The van der Waals surface area contributed by atoms with E-state index in [-0.39, 0.29) is 17.0 Å². The zero-order valence-corrected chi connectivity index (χ0v) is 18.7. The molecule has 0 radical (unpaired) electrons. The molecule has 2 amide bonds. The first-order chi connectivity index (χ1) is 16.1. The molecule has 3 aromatic carbocycles. The van der Waals surface area contributed by atoms with Gasteiger partial charge >= 0.3 is 6.18 Å². The van der Waals surface area contributed by atoms with Gasteiger partial charge in [0.05, 0.1) is 23.9 Å². The third-order valence-corrected chi connectivity index (χ3v) is 5.51. The molecule has 34 heavy (non-hydrogen) atoms. The summed E-state index contributed by atoms with van der Waals surface area (Å²) < 4.78 is 45.1. The zero-order valence-electron chi connectivity index (χ0n) is 18.7. The van der Waals surface area contributed by atoms with E-state index >= 15 is 0 Å². The van der Waals surface area contributed by atoms with Gasteiger partial charge in [0.1, 0.15) is 11.4 Å². The highest BCUT2D eigenvalue weighted by atomic mass is 19.4. The van der Waals surface area contributed by atoms with Crippen molar-refractivity contribution in [3.8, 4) is 5.75 Å². The first-order valence-electron chi connectivity index (χ1n) is 10.4. The van der Waals surface area contributed by atoms with Crippen molar-refractivity contribution in [2.24, 2.45) is 0 Å². The summed E-state index contributed by atoms with van der Waals surface area (Å²) in [6.45, 7) is 3.67. The van der Waals surface area contributed by atoms with Gasteiger partial charge in [0.15, 0.2) is 0 Å². The van der Waals surface area contributed by atoms with Crippen LogP contribution in [0.5, 0.6) is 5.75 Å². The number of imide groups is 1. The van der Waals surface area contributed by atoms with Crippen molar-refractivity contribution >= 4 is 28.8 Å². The Kier molecular flexibility index (Phi) is 5.91. The van der Waals surface area contributed by atoms with Crippen molar-refractivity contribution in [2.45, 2.75) is 20.0 Å². The molecule has 174 valence electrons. The lowest BCUT2D eigenvalue weighted by molar-refractivity contribution is -0.137. The van der Waals surface area contributed by atoms with Gasteiger partial charge in [-0.2, -0.15) is 13.2 Å². The fourth-order valence-corrected chi connectivity index (χ4v) is 3.94. The predicted octanol–water partition coefficient (Wildman–Crippen LogP) is 5.73. The quantitative estimate of drug-likeness (QED) is 0.488. The highest BCUT2D eigenvalue weighted by Gasteiger charge is 2.42. The number of aryl methyl sites for hydroxylation is 2. The molecule has 1 N–H and O–H groups in total. The van der Waals surface area contributed by atoms with Crippen LogP contribution in [0, 0.1) is 13.8 Å². The second kappa shape index (κ2) is 8.70. The number of halogens is 3. The lowest BCUT2D eigenvalue weighted by Crippen LogP contribution is -2.33. The van der Waals surface area contributed by atoms with Crippen molar-refractivity contribution in [3.63, 3.8) is 0 Å². The number of methoxy groups -OCH3 is 1. The third-order valence-electron chi connectivity index (χ3n) is 5.51. The molecule has 5 nitrogen and oxygen atoms in total. The summed E-state index contributed by atoms with van der Waals surface area (Å²) in [5, 5.41) is 2.78. The summed E-state index contributed by atoms with van der Waals surface area (Å²) in [5.74, 6) is -0.921. The molecule has 1 heterocycles. The van der Waals surface area contributed by atoms with Crippen LogP contribution in [-0.4, -0.2) is 18.9 Å². The van der Waals surface area contributed by atoms with Gasteiger partial charge in [-0.15, -0.1) is 0 Å². The number of carbonyl (C=O) groups excluding carboxylic acids is 2. The second-order valence-corrected chi connectivity index (χ2v) is 7.89. The number of nitrogens with one attached hydrogen (secondary N) is 1. The number of rotatable bonds is 5. The lowest BCUT2D eigenvalue weighted by Gasteiger charge is -2.18. The standard InChI is InChI=1S/C26H21F3N2O3/c1-15-11-12-20(16(2)13-15)31-24(32)22(19-9-4-5-10-21(19)34-3)23(25(31)33)30-18-8-6-7-17(14-18)26(27,28)29/h4-14,30H,1-3H3. The van der Waals surface area contributed by atoms with Crippen molar-refractivity contribution in [2.75, 3.05) is 17.3 Å². The van der Waals surface area contributed by atoms with Crippen LogP contribution in [0.2, 0.25) is 0 Å². The largest absolute Gasteiger partial charge is 0.496 e. The maximum atomic E-state index is 13.6. The maximum absolute atomic E-state index is 13.6. The Balaban J connectivity index is 1.87.